The summed E-state index contributed by atoms with van der Waals surface area (Å²) < 4.78 is 16.2. The fraction of sp³-hybridized carbons (Fsp3) is 0. The van der Waals surface area contributed by atoms with Crippen LogP contribution in [0.2, 0.25) is 0 Å². The maximum absolute atomic E-state index is 16.2. The molecule has 7 aromatic carbocycles. The first-order chi connectivity index (χ1) is 28.6. The fourth-order valence-electron chi connectivity index (χ4n) is 7.34. The first-order valence-electron chi connectivity index (χ1n) is 19.3. The zero-order chi connectivity index (χ0) is 39.2. The van der Waals surface area contributed by atoms with Crippen LogP contribution in [-0.2, 0) is 4.57 Å². The van der Waals surface area contributed by atoms with Gasteiger partial charge in [0.05, 0.1) is 0 Å². The molecule has 9 rings (SSSR count). The summed E-state index contributed by atoms with van der Waals surface area (Å²) in [5, 5.41) is 0.652. The third kappa shape index (κ3) is 7.35. The second-order valence-corrected chi connectivity index (χ2v) is 16.5. The maximum Gasteiger partial charge on any atom is 0.206 e. The zero-order valence-corrected chi connectivity index (χ0v) is 32.6. The molecule has 0 bridgehead atoms. The molecule has 2 heterocycles. The summed E-state index contributed by atoms with van der Waals surface area (Å²) in [6, 6.07) is 79.1. The second kappa shape index (κ2) is 16.4. The Morgan fingerprint density at radius 2 is 0.638 bits per heavy atom. The van der Waals surface area contributed by atoms with Gasteiger partial charge in [-0.05, 0) is 95.1 Å². The molecule has 0 saturated carbocycles. The first kappa shape index (κ1) is 36.3. The highest BCUT2D eigenvalue weighted by Gasteiger charge is 2.34. The van der Waals surface area contributed by atoms with E-state index in [9.17, 15) is 0 Å². The van der Waals surface area contributed by atoms with Gasteiger partial charge in [-0.25, -0.2) is 9.97 Å². The number of rotatable bonds is 11. The minimum atomic E-state index is -3.67. The van der Waals surface area contributed by atoms with Crippen LogP contribution in [0, 0.1) is 0 Å². The topological polar surface area (TPSA) is 49.3 Å². The van der Waals surface area contributed by atoms with Crippen LogP contribution in [0.15, 0.2) is 237 Å². The van der Waals surface area contributed by atoms with Crippen molar-refractivity contribution in [1.29, 1.82) is 0 Å². The average Bonchev–Trinajstić information content (AvgIpc) is 3.31. The van der Waals surface area contributed by atoms with Gasteiger partial charge in [0.1, 0.15) is 22.5 Å². The van der Waals surface area contributed by atoms with Gasteiger partial charge in [-0.1, -0.05) is 164 Å². The predicted octanol–water partition coefficient (Wildman–Crippen LogP) is 12.4. The SMILES string of the molecule is O=P(c1ccccc1)(c1cccc(N(c2ccccc2)c2cccc(-c3ccccc3)c2)n1)c1cccc(N(c2ccccc2)c2cccc(-c3ccccc3)c2)n1. The van der Waals surface area contributed by atoms with Crippen LogP contribution in [0.1, 0.15) is 0 Å². The van der Waals surface area contributed by atoms with Crippen LogP contribution in [0.5, 0.6) is 0 Å². The molecule has 58 heavy (non-hydrogen) atoms. The second-order valence-electron chi connectivity index (χ2n) is 13.8. The third-order valence-electron chi connectivity index (χ3n) is 10.1. The maximum atomic E-state index is 16.2. The Morgan fingerprint density at radius 1 is 0.310 bits per heavy atom. The number of aromatic nitrogens is 2. The lowest BCUT2D eigenvalue weighted by molar-refractivity contribution is 0.591. The van der Waals surface area contributed by atoms with E-state index in [-0.39, 0.29) is 0 Å². The van der Waals surface area contributed by atoms with E-state index in [0.29, 0.717) is 27.8 Å². The molecule has 2 aromatic heterocycles. The van der Waals surface area contributed by atoms with Gasteiger partial charge in [0.15, 0.2) is 0 Å². The molecule has 0 spiro atoms. The quantitative estimate of drug-likeness (QED) is 0.123. The molecule has 0 fully saturated rings. The van der Waals surface area contributed by atoms with Crippen molar-refractivity contribution < 1.29 is 4.57 Å². The Hall–Kier alpha value is -7.33. The lowest BCUT2D eigenvalue weighted by Crippen LogP contribution is -2.30. The van der Waals surface area contributed by atoms with E-state index >= 15 is 4.57 Å². The summed E-state index contributed by atoms with van der Waals surface area (Å²) in [5.74, 6) is 1.29. The van der Waals surface area contributed by atoms with E-state index in [1.54, 1.807) is 0 Å². The molecule has 0 atom stereocenters. The van der Waals surface area contributed by atoms with E-state index in [1.807, 2.05) is 140 Å². The highest BCUT2D eigenvalue weighted by molar-refractivity contribution is 7.85. The van der Waals surface area contributed by atoms with Crippen LogP contribution in [0.3, 0.4) is 0 Å². The molecule has 0 saturated heterocycles. The molecule has 0 N–H and O–H groups in total. The van der Waals surface area contributed by atoms with Crippen LogP contribution in [-0.4, -0.2) is 9.97 Å². The normalized spacial score (nSPS) is 11.2. The van der Waals surface area contributed by atoms with Gasteiger partial charge >= 0.3 is 0 Å². The van der Waals surface area contributed by atoms with Crippen molar-refractivity contribution in [3.63, 3.8) is 0 Å². The molecule has 278 valence electrons. The van der Waals surface area contributed by atoms with E-state index in [0.717, 1.165) is 45.0 Å². The smallest absolute Gasteiger partial charge is 0.206 e. The van der Waals surface area contributed by atoms with Gasteiger partial charge in [-0.2, -0.15) is 0 Å². The highest BCUT2D eigenvalue weighted by Crippen LogP contribution is 2.44. The number of anilines is 6. The summed E-state index contributed by atoms with van der Waals surface area (Å²) in [6.07, 6.45) is 0. The molecule has 5 nitrogen and oxygen atoms in total. The van der Waals surface area contributed by atoms with Crippen molar-refractivity contribution in [3.8, 4) is 22.3 Å². The molecule has 0 amide bonds. The van der Waals surface area contributed by atoms with Gasteiger partial charge < -0.3 is 4.57 Å². The minimum Gasteiger partial charge on any atom is -0.305 e. The van der Waals surface area contributed by atoms with Crippen molar-refractivity contribution in [1.82, 2.24) is 9.97 Å². The number of para-hydroxylation sites is 2. The summed E-state index contributed by atoms with van der Waals surface area (Å²) in [7, 11) is -3.67. The molecule has 9 aromatic rings. The van der Waals surface area contributed by atoms with Gasteiger partial charge in [-0.3, -0.25) is 9.80 Å². The molecule has 0 radical (unpaired) electrons. The molecule has 0 aliphatic rings. The number of hydrogen-bond donors (Lipinski definition) is 0. The van der Waals surface area contributed by atoms with Gasteiger partial charge in [0, 0.05) is 28.1 Å². The van der Waals surface area contributed by atoms with Gasteiger partial charge in [-0.15, -0.1) is 0 Å². The Labute approximate surface area is 339 Å². The Morgan fingerprint density at radius 3 is 1.05 bits per heavy atom. The lowest BCUT2D eigenvalue weighted by atomic mass is 10.0. The molecular weight excluding hydrogens is 728 g/mol. The average molecular weight is 767 g/mol. The molecule has 0 unspecified atom stereocenters. The molecular formula is C52H39N4OP. The summed E-state index contributed by atoms with van der Waals surface area (Å²) >= 11 is 0. The van der Waals surface area contributed by atoms with Crippen molar-refractivity contribution in [3.05, 3.63) is 237 Å². The largest absolute Gasteiger partial charge is 0.305 e. The van der Waals surface area contributed by atoms with Crippen molar-refractivity contribution in [2.24, 2.45) is 0 Å². The van der Waals surface area contributed by atoms with Crippen LogP contribution in [0.4, 0.5) is 34.4 Å². The minimum absolute atomic E-state index is 0.443. The number of nitrogens with zero attached hydrogens (tertiary/aromatic N) is 4. The van der Waals surface area contributed by atoms with Crippen molar-refractivity contribution in [2.45, 2.75) is 0 Å². The zero-order valence-electron chi connectivity index (χ0n) is 31.7. The van der Waals surface area contributed by atoms with Gasteiger partial charge in [0.2, 0.25) is 7.14 Å². The lowest BCUT2D eigenvalue weighted by Gasteiger charge is -2.27. The highest BCUT2D eigenvalue weighted by atomic mass is 31.2. The molecule has 0 aliphatic carbocycles. The summed E-state index contributed by atoms with van der Waals surface area (Å²) in [5.41, 5.74) is 9.03. The predicted molar refractivity (Wildman–Crippen MR) is 242 cm³/mol. The summed E-state index contributed by atoms with van der Waals surface area (Å²) in [4.78, 5) is 14.8. The standard InChI is InChI=1S/C52H39N4OP/c57-58(48-32-14-5-15-33-48,51-36-18-34-49(53-51)55(44-26-10-3-11-27-44)46-30-16-24-42(38-46)40-20-6-1-7-21-40)52-37-19-35-50(54-52)56(45-28-12-4-13-29-45)47-31-17-25-43(39-47)41-22-8-2-9-23-41/h1-39H. The van der Waals surface area contributed by atoms with Crippen LogP contribution >= 0.6 is 7.14 Å². The fourth-order valence-corrected chi connectivity index (χ4v) is 9.77. The molecule has 6 heteroatoms. The van der Waals surface area contributed by atoms with Crippen LogP contribution < -0.4 is 26.0 Å². The summed E-state index contributed by atoms with van der Waals surface area (Å²) in [6.45, 7) is 0. The Balaban J connectivity index is 1.19. The first-order valence-corrected chi connectivity index (χ1v) is 21.0. The Bertz CT molecular complexity index is 2650. The van der Waals surface area contributed by atoms with Crippen molar-refractivity contribution >= 4 is 57.7 Å². The van der Waals surface area contributed by atoms with E-state index in [2.05, 4.69) is 107 Å². The number of benzene rings is 7. The monoisotopic (exact) mass is 766 g/mol. The van der Waals surface area contributed by atoms with Crippen molar-refractivity contribution in [2.75, 3.05) is 9.80 Å². The molecule has 0 aliphatic heterocycles. The van der Waals surface area contributed by atoms with E-state index in [4.69, 9.17) is 9.97 Å². The van der Waals surface area contributed by atoms with Crippen LogP contribution in [0.25, 0.3) is 22.3 Å². The Kier molecular flexibility index (Phi) is 10.3. The number of hydrogen-bond acceptors (Lipinski definition) is 5. The third-order valence-corrected chi connectivity index (χ3v) is 12.9. The van der Waals surface area contributed by atoms with E-state index < -0.39 is 7.14 Å². The number of pyridine rings is 2. The van der Waals surface area contributed by atoms with E-state index in [1.165, 1.54) is 0 Å². The van der Waals surface area contributed by atoms with Gasteiger partial charge in [0.25, 0.3) is 0 Å².